The van der Waals surface area contributed by atoms with Crippen LogP contribution in [0.3, 0.4) is 0 Å². The summed E-state index contributed by atoms with van der Waals surface area (Å²) < 4.78 is 18.2. The van der Waals surface area contributed by atoms with Crippen LogP contribution in [0, 0.1) is 17.8 Å². The third-order valence-corrected chi connectivity index (χ3v) is 13.8. The molecule has 0 unspecified atom stereocenters. The fourth-order valence-electron chi connectivity index (χ4n) is 5.92. The van der Waals surface area contributed by atoms with Gasteiger partial charge in [-0.2, -0.15) is 0 Å². The lowest BCUT2D eigenvalue weighted by Crippen LogP contribution is -2.47. The summed E-state index contributed by atoms with van der Waals surface area (Å²) in [6.45, 7) is 24.7. The molecule has 41 heavy (non-hydrogen) atoms. The first-order valence-electron chi connectivity index (χ1n) is 15.3. The Kier molecular flexibility index (Phi) is 16.6. The van der Waals surface area contributed by atoms with Gasteiger partial charge in [0, 0.05) is 37.6 Å². The number of hydrogen-bond acceptors (Lipinski definition) is 5. The van der Waals surface area contributed by atoms with Gasteiger partial charge in [-0.25, -0.2) is 4.79 Å². The quantitative estimate of drug-likeness (QED) is 0.0912. The molecule has 0 aliphatic rings. The molecule has 1 N–H and O–H groups in total. The van der Waals surface area contributed by atoms with Crippen LogP contribution in [0.15, 0.2) is 42.2 Å². The van der Waals surface area contributed by atoms with Crippen LogP contribution in [-0.4, -0.2) is 55.8 Å². The summed E-state index contributed by atoms with van der Waals surface area (Å²) in [5, 5.41) is 11.1. The molecule has 1 aromatic rings. The summed E-state index contributed by atoms with van der Waals surface area (Å²) in [6, 6.07) is 10.0. The molecule has 0 radical (unpaired) electrons. The second kappa shape index (κ2) is 18.4. The minimum Gasteiger partial charge on any atom is -0.415 e. The van der Waals surface area contributed by atoms with Gasteiger partial charge in [-0.15, -0.1) is 0 Å². The molecule has 1 amide bonds. The van der Waals surface area contributed by atoms with Crippen molar-refractivity contribution in [2.45, 2.75) is 130 Å². The molecule has 0 aliphatic heterocycles. The van der Waals surface area contributed by atoms with Crippen molar-refractivity contribution in [2.24, 2.45) is 5.92 Å². The van der Waals surface area contributed by atoms with E-state index in [9.17, 15) is 9.90 Å². The second-order valence-corrected chi connectivity index (χ2v) is 17.9. The Balaban J connectivity index is 2.95. The highest BCUT2D eigenvalue weighted by Gasteiger charge is 2.44. The van der Waals surface area contributed by atoms with Crippen LogP contribution in [0.4, 0.5) is 4.79 Å². The van der Waals surface area contributed by atoms with Crippen molar-refractivity contribution in [3.8, 4) is 11.8 Å². The van der Waals surface area contributed by atoms with Crippen LogP contribution in [0.5, 0.6) is 0 Å². The normalized spacial score (nSPS) is 14.0. The average molecular weight is 588 g/mol. The van der Waals surface area contributed by atoms with Gasteiger partial charge in [0.2, 0.25) is 0 Å². The Labute approximate surface area is 252 Å². The summed E-state index contributed by atoms with van der Waals surface area (Å²) >= 11 is 0. The molecule has 0 fully saturated rings. The number of aliphatic hydroxyl groups is 1. The van der Waals surface area contributed by atoms with Crippen molar-refractivity contribution in [2.75, 3.05) is 13.2 Å². The Bertz CT molecular complexity index is 948. The molecular formula is C34H57NO5Si. The monoisotopic (exact) mass is 587 g/mol. The third-order valence-electron chi connectivity index (χ3n) is 7.67. The molecule has 0 bridgehead atoms. The molecular weight excluding hydrogens is 530 g/mol. The van der Waals surface area contributed by atoms with Crippen molar-refractivity contribution >= 4 is 14.4 Å². The first-order valence-corrected chi connectivity index (χ1v) is 17.5. The van der Waals surface area contributed by atoms with E-state index in [1.165, 1.54) is 0 Å². The van der Waals surface area contributed by atoms with E-state index in [2.05, 4.69) is 53.4 Å². The third kappa shape index (κ3) is 12.0. The number of aliphatic hydroxyl groups excluding tert-OH is 1. The van der Waals surface area contributed by atoms with Crippen molar-refractivity contribution in [1.82, 2.24) is 4.90 Å². The van der Waals surface area contributed by atoms with E-state index in [-0.39, 0.29) is 18.0 Å². The summed E-state index contributed by atoms with van der Waals surface area (Å²) in [5.74, 6) is 6.26. The van der Waals surface area contributed by atoms with Gasteiger partial charge in [-0.1, -0.05) is 83.7 Å². The molecule has 0 heterocycles. The molecule has 0 spiro atoms. The highest BCUT2D eigenvalue weighted by atomic mass is 28.4. The maximum atomic E-state index is 12.8. The van der Waals surface area contributed by atoms with Gasteiger partial charge in [-0.3, -0.25) is 0 Å². The topological polar surface area (TPSA) is 68.2 Å². The first-order chi connectivity index (χ1) is 19.2. The molecule has 1 rings (SSSR count). The Hall–Kier alpha value is -2.11. The van der Waals surface area contributed by atoms with E-state index in [0.29, 0.717) is 55.0 Å². The zero-order chi connectivity index (χ0) is 31.2. The van der Waals surface area contributed by atoms with Gasteiger partial charge >= 0.3 is 6.09 Å². The molecule has 1 aromatic carbocycles. The van der Waals surface area contributed by atoms with E-state index < -0.39 is 20.5 Å². The van der Waals surface area contributed by atoms with Crippen LogP contribution >= 0.6 is 0 Å². The van der Waals surface area contributed by atoms with E-state index in [0.717, 1.165) is 5.56 Å². The molecule has 0 saturated heterocycles. The van der Waals surface area contributed by atoms with Gasteiger partial charge in [0.15, 0.2) is 8.32 Å². The summed E-state index contributed by atoms with van der Waals surface area (Å²) in [6.07, 6.45) is 1.58. The van der Waals surface area contributed by atoms with Crippen LogP contribution in [0.1, 0.15) is 94.6 Å². The number of nitrogens with zero attached hydrogens (tertiary/aromatic N) is 1. The van der Waals surface area contributed by atoms with E-state index in [1.807, 2.05) is 58.0 Å². The summed E-state index contributed by atoms with van der Waals surface area (Å²) in [7, 11) is -1.95. The maximum absolute atomic E-state index is 12.8. The van der Waals surface area contributed by atoms with Crippen molar-refractivity contribution < 1.29 is 23.8 Å². The molecule has 0 aromatic heterocycles. The fourth-order valence-corrected chi connectivity index (χ4v) is 11.4. The number of rotatable bonds is 16. The van der Waals surface area contributed by atoms with Gasteiger partial charge < -0.3 is 23.9 Å². The molecule has 0 aliphatic carbocycles. The van der Waals surface area contributed by atoms with Crippen LogP contribution in [0.25, 0.3) is 0 Å². The van der Waals surface area contributed by atoms with Crippen molar-refractivity contribution in [3.05, 3.63) is 47.7 Å². The largest absolute Gasteiger partial charge is 0.415 e. The van der Waals surface area contributed by atoms with Crippen molar-refractivity contribution in [3.63, 3.8) is 0 Å². The number of carbonyl (C=O) groups excluding carboxylic acids is 1. The number of hydrogen-bond donors (Lipinski definition) is 1. The smallest absolute Gasteiger partial charge is 0.415 e. The van der Waals surface area contributed by atoms with Crippen LogP contribution in [0.2, 0.25) is 16.6 Å². The van der Waals surface area contributed by atoms with E-state index in [1.54, 1.807) is 17.9 Å². The van der Waals surface area contributed by atoms with Gasteiger partial charge in [0.05, 0.1) is 6.61 Å². The number of carbonyl (C=O) groups is 1. The number of allylic oxidation sites excluding steroid dienone is 1. The molecule has 6 nitrogen and oxygen atoms in total. The Morgan fingerprint density at radius 2 is 1.49 bits per heavy atom. The van der Waals surface area contributed by atoms with Crippen LogP contribution < -0.4 is 0 Å². The molecule has 0 saturated carbocycles. The standard InChI is InChI=1S/C34H57NO5Si/c1-25(2)35(26(3)4)34(37)40-30(11)23-32(20-22-38-24-31-17-13-12-14-18-31)33(36)19-15-16-21-39-41(27(5)6,28(7)8)29(9)10/h12-14,17-18,23,25-29,32-33,36H,16,20-22,24H2,1-11H3/b30-23-/t32-,33+/m0/s1. The highest BCUT2D eigenvalue weighted by Crippen LogP contribution is 2.42. The number of benzene rings is 1. The average Bonchev–Trinajstić information content (AvgIpc) is 2.87. The van der Waals surface area contributed by atoms with Gasteiger partial charge in [-0.05, 0) is 69.3 Å². The van der Waals surface area contributed by atoms with Gasteiger partial charge in [0.1, 0.15) is 11.9 Å². The summed E-state index contributed by atoms with van der Waals surface area (Å²) in [5.41, 5.74) is 2.63. The highest BCUT2D eigenvalue weighted by molar-refractivity contribution is 6.77. The predicted octanol–water partition coefficient (Wildman–Crippen LogP) is 8.32. The number of ether oxygens (including phenoxy) is 2. The fraction of sp³-hybridized carbons (Fsp3) is 0.676. The first kappa shape index (κ1) is 36.9. The number of amides is 1. The van der Waals surface area contributed by atoms with E-state index in [4.69, 9.17) is 13.9 Å². The van der Waals surface area contributed by atoms with Gasteiger partial charge in [0.25, 0.3) is 0 Å². The minimum atomic E-state index is -1.95. The molecule has 232 valence electrons. The maximum Gasteiger partial charge on any atom is 0.415 e. The van der Waals surface area contributed by atoms with Crippen molar-refractivity contribution in [1.29, 1.82) is 0 Å². The second-order valence-electron chi connectivity index (χ2n) is 12.4. The molecule has 7 heteroatoms. The molecule has 2 atom stereocenters. The minimum absolute atomic E-state index is 0.0139. The van der Waals surface area contributed by atoms with Crippen LogP contribution in [-0.2, 0) is 20.5 Å². The Morgan fingerprint density at radius 1 is 0.927 bits per heavy atom. The lowest BCUT2D eigenvalue weighted by molar-refractivity contribution is 0.0883. The predicted molar refractivity (Wildman–Crippen MR) is 172 cm³/mol. The lowest BCUT2D eigenvalue weighted by Gasteiger charge is -2.42. The lowest BCUT2D eigenvalue weighted by atomic mass is 9.98. The zero-order valence-corrected chi connectivity index (χ0v) is 28.6. The SMILES string of the molecule is C/C(=C/[C@H](CCOCc1ccccc1)[C@H](O)C#CCCO[Si](C(C)C)(C(C)C)C(C)C)OC(=O)N(C(C)C)C(C)C. The zero-order valence-electron chi connectivity index (χ0n) is 27.6. The van der Waals surface area contributed by atoms with E-state index >= 15 is 0 Å². The Morgan fingerprint density at radius 3 is 2.00 bits per heavy atom. The summed E-state index contributed by atoms with van der Waals surface area (Å²) in [4.78, 5) is 14.5.